The molecule has 2 heterocycles. The molecule has 5 nitrogen and oxygen atoms in total. The number of alkyl halides is 2. The van der Waals surface area contributed by atoms with E-state index in [-0.39, 0.29) is 19.1 Å². The highest BCUT2D eigenvalue weighted by atomic mass is 32.2. The standard InChI is InChI=1S/C12H18F2N2O3S/c1-12-3-2-10(18)16(12)8(7-20-12)11(19)15(4-5-17)6-9(13)14/h8-9,17H,2-7H2,1H3. The van der Waals surface area contributed by atoms with E-state index in [1.807, 2.05) is 6.92 Å². The van der Waals surface area contributed by atoms with Gasteiger partial charge in [0.1, 0.15) is 6.04 Å². The summed E-state index contributed by atoms with van der Waals surface area (Å²) in [5.74, 6) is -0.172. The van der Waals surface area contributed by atoms with Gasteiger partial charge in [-0.1, -0.05) is 0 Å². The van der Waals surface area contributed by atoms with Crippen molar-refractivity contribution in [2.75, 3.05) is 25.4 Å². The van der Waals surface area contributed by atoms with Crippen LogP contribution in [0.4, 0.5) is 8.78 Å². The number of nitrogens with zero attached hydrogens (tertiary/aromatic N) is 2. The van der Waals surface area contributed by atoms with Gasteiger partial charge in [0.2, 0.25) is 11.8 Å². The van der Waals surface area contributed by atoms with Crippen LogP contribution in [0, 0.1) is 0 Å². The molecule has 2 atom stereocenters. The highest BCUT2D eigenvalue weighted by molar-refractivity contribution is 8.01. The van der Waals surface area contributed by atoms with Crippen molar-refractivity contribution in [1.29, 1.82) is 0 Å². The van der Waals surface area contributed by atoms with Crippen molar-refractivity contribution in [2.45, 2.75) is 37.1 Å². The maximum Gasteiger partial charge on any atom is 0.255 e. The van der Waals surface area contributed by atoms with Crippen molar-refractivity contribution in [3.63, 3.8) is 0 Å². The van der Waals surface area contributed by atoms with Crippen molar-refractivity contribution < 1.29 is 23.5 Å². The molecule has 2 unspecified atom stereocenters. The third kappa shape index (κ3) is 2.76. The molecule has 0 aromatic heterocycles. The fraction of sp³-hybridized carbons (Fsp3) is 0.833. The fourth-order valence-corrected chi connectivity index (χ4v) is 4.22. The Morgan fingerprint density at radius 1 is 1.65 bits per heavy atom. The molecule has 2 rings (SSSR count). The van der Waals surface area contributed by atoms with Gasteiger partial charge in [-0.05, 0) is 13.3 Å². The van der Waals surface area contributed by atoms with Gasteiger partial charge in [-0.25, -0.2) is 8.78 Å². The number of carbonyl (C=O) groups is 2. The zero-order chi connectivity index (χ0) is 14.9. The van der Waals surface area contributed by atoms with Crippen LogP contribution in [0.3, 0.4) is 0 Å². The Morgan fingerprint density at radius 2 is 2.35 bits per heavy atom. The molecule has 0 aromatic carbocycles. The van der Waals surface area contributed by atoms with E-state index in [0.29, 0.717) is 18.6 Å². The van der Waals surface area contributed by atoms with Crippen LogP contribution in [0.2, 0.25) is 0 Å². The van der Waals surface area contributed by atoms with E-state index in [1.54, 1.807) is 0 Å². The van der Waals surface area contributed by atoms with Crippen molar-refractivity contribution in [3.05, 3.63) is 0 Å². The summed E-state index contributed by atoms with van der Waals surface area (Å²) in [7, 11) is 0. The number of rotatable bonds is 5. The lowest BCUT2D eigenvalue weighted by Crippen LogP contribution is -2.52. The normalized spacial score (nSPS) is 29.1. The molecule has 0 bridgehead atoms. The number of aliphatic hydroxyl groups is 1. The molecule has 20 heavy (non-hydrogen) atoms. The minimum absolute atomic E-state index is 0.100. The molecule has 0 spiro atoms. The maximum atomic E-state index is 12.5. The first kappa shape index (κ1) is 15.5. The first-order chi connectivity index (χ1) is 9.39. The summed E-state index contributed by atoms with van der Waals surface area (Å²) in [5, 5.41) is 8.91. The van der Waals surface area contributed by atoms with E-state index in [1.165, 1.54) is 16.7 Å². The van der Waals surface area contributed by atoms with Crippen molar-refractivity contribution in [2.24, 2.45) is 0 Å². The van der Waals surface area contributed by atoms with Gasteiger partial charge in [0.15, 0.2) is 0 Å². The van der Waals surface area contributed by atoms with Crippen LogP contribution < -0.4 is 0 Å². The summed E-state index contributed by atoms with van der Waals surface area (Å²) in [6.45, 7) is 0.686. The minimum Gasteiger partial charge on any atom is -0.395 e. The van der Waals surface area contributed by atoms with Crippen molar-refractivity contribution in [1.82, 2.24) is 9.80 Å². The Kier molecular flexibility index (Phi) is 4.53. The quantitative estimate of drug-likeness (QED) is 0.805. The SMILES string of the molecule is CC12CCC(=O)N1C(C(=O)N(CCO)CC(F)F)CS2. The first-order valence-corrected chi connectivity index (χ1v) is 7.51. The van der Waals surface area contributed by atoms with E-state index in [0.717, 1.165) is 4.90 Å². The molecule has 2 fully saturated rings. The third-order valence-electron chi connectivity index (χ3n) is 3.77. The number of aliphatic hydroxyl groups excluding tert-OH is 1. The smallest absolute Gasteiger partial charge is 0.255 e. The molecule has 2 aliphatic heterocycles. The molecular formula is C12H18F2N2O3S. The van der Waals surface area contributed by atoms with Gasteiger partial charge in [-0.2, -0.15) is 0 Å². The predicted molar refractivity (Wildman–Crippen MR) is 70.4 cm³/mol. The van der Waals surface area contributed by atoms with E-state index in [9.17, 15) is 18.4 Å². The lowest BCUT2D eigenvalue weighted by molar-refractivity contribution is -0.145. The van der Waals surface area contributed by atoms with Crippen LogP contribution in [0.25, 0.3) is 0 Å². The summed E-state index contributed by atoms with van der Waals surface area (Å²) >= 11 is 1.52. The molecule has 2 saturated heterocycles. The number of carbonyl (C=O) groups excluding carboxylic acids is 2. The Balaban J connectivity index is 2.13. The third-order valence-corrected chi connectivity index (χ3v) is 5.28. The van der Waals surface area contributed by atoms with Crippen LogP contribution in [0.1, 0.15) is 19.8 Å². The van der Waals surface area contributed by atoms with Crippen LogP contribution in [-0.2, 0) is 9.59 Å². The van der Waals surface area contributed by atoms with E-state index >= 15 is 0 Å². The monoisotopic (exact) mass is 308 g/mol. The topological polar surface area (TPSA) is 60.9 Å². The molecule has 0 saturated carbocycles. The maximum absolute atomic E-state index is 12.5. The number of hydrogen-bond acceptors (Lipinski definition) is 4. The van der Waals surface area contributed by atoms with Gasteiger partial charge in [-0.15, -0.1) is 11.8 Å². The number of fused-ring (bicyclic) bond motifs is 1. The largest absolute Gasteiger partial charge is 0.395 e. The Bertz CT molecular complexity index is 410. The fourth-order valence-electron chi connectivity index (χ4n) is 2.79. The lowest BCUT2D eigenvalue weighted by atomic mass is 10.2. The first-order valence-electron chi connectivity index (χ1n) is 6.53. The van der Waals surface area contributed by atoms with Gasteiger partial charge in [0.25, 0.3) is 6.43 Å². The van der Waals surface area contributed by atoms with Gasteiger partial charge in [0, 0.05) is 18.7 Å². The summed E-state index contributed by atoms with van der Waals surface area (Å²) < 4.78 is 25.0. The van der Waals surface area contributed by atoms with Crippen LogP contribution in [0.15, 0.2) is 0 Å². The van der Waals surface area contributed by atoms with E-state index in [2.05, 4.69) is 0 Å². The predicted octanol–water partition coefficient (Wildman–Crippen LogP) is 0.526. The minimum atomic E-state index is -2.65. The van der Waals surface area contributed by atoms with Gasteiger partial charge in [-0.3, -0.25) is 9.59 Å². The highest BCUT2D eigenvalue weighted by Gasteiger charge is 2.53. The average Bonchev–Trinajstić information content (AvgIpc) is 2.85. The number of halogens is 2. The zero-order valence-electron chi connectivity index (χ0n) is 11.2. The second-order valence-electron chi connectivity index (χ2n) is 5.16. The second kappa shape index (κ2) is 5.85. The van der Waals surface area contributed by atoms with Gasteiger partial charge < -0.3 is 14.9 Å². The number of amides is 2. The van der Waals surface area contributed by atoms with Crippen molar-refractivity contribution >= 4 is 23.6 Å². The van der Waals surface area contributed by atoms with Gasteiger partial charge >= 0.3 is 0 Å². The molecule has 2 aliphatic rings. The molecule has 8 heteroatoms. The summed E-state index contributed by atoms with van der Waals surface area (Å²) in [5.41, 5.74) is 0. The van der Waals surface area contributed by atoms with Crippen LogP contribution in [-0.4, -0.2) is 69.5 Å². The summed E-state index contributed by atoms with van der Waals surface area (Å²) in [4.78, 5) is 26.4. The van der Waals surface area contributed by atoms with Gasteiger partial charge in [0.05, 0.1) is 18.0 Å². The Morgan fingerprint density at radius 3 is 2.95 bits per heavy atom. The lowest BCUT2D eigenvalue weighted by Gasteiger charge is -2.32. The molecule has 0 aromatic rings. The second-order valence-corrected chi connectivity index (χ2v) is 6.67. The highest BCUT2D eigenvalue weighted by Crippen LogP contribution is 2.47. The van der Waals surface area contributed by atoms with Crippen LogP contribution >= 0.6 is 11.8 Å². The average molecular weight is 308 g/mol. The summed E-state index contributed by atoms with van der Waals surface area (Å²) in [6, 6.07) is -0.690. The Labute approximate surface area is 120 Å². The van der Waals surface area contributed by atoms with E-state index < -0.39 is 29.8 Å². The molecule has 114 valence electrons. The summed E-state index contributed by atoms with van der Waals surface area (Å²) in [6.07, 6.45) is -1.59. The zero-order valence-corrected chi connectivity index (χ0v) is 12.0. The molecule has 2 amide bonds. The molecule has 0 radical (unpaired) electrons. The van der Waals surface area contributed by atoms with Crippen molar-refractivity contribution in [3.8, 4) is 0 Å². The van der Waals surface area contributed by atoms with E-state index in [4.69, 9.17) is 5.11 Å². The molecular weight excluding hydrogens is 290 g/mol. The molecule has 0 aliphatic carbocycles. The van der Waals surface area contributed by atoms with Crippen LogP contribution in [0.5, 0.6) is 0 Å². The Hall–Kier alpha value is -0.890. The molecule has 1 N–H and O–H groups in total. The number of thioether (sulfide) groups is 1. The number of hydrogen-bond donors (Lipinski definition) is 1.